The fourth-order valence-corrected chi connectivity index (χ4v) is 2.47. The number of rotatable bonds is 16. The molecule has 0 amide bonds. The van der Waals surface area contributed by atoms with Gasteiger partial charge in [0.15, 0.2) is 17.4 Å². The number of unbranched alkanes of at least 4 members (excludes halogenated alkanes) is 12. The molecule has 0 aromatic carbocycles. The van der Waals surface area contributed by atoms with E-state index in [9.17, 15) is 9.59 Å². The minimum Gasteiger partial charge on any atom is -0.481 e. The highest BCUT2D eigenvalue weighted by molar-refractivity contribution is 5.75. The van der Waals surface area contributed by atoms with Crippen molar-refractivity contribution in [1.82, 2.24) is 0 Å². The van der Waals surface area contributed by atoms with Crippen molar-refractivity contribution in [2.24, 2.45) is 0 Å². The third-order valence-electron chi connectivity index (χ3n) is 3.99. The lowest BCUT2D eigenvalue weighted by Crippen LogP contribution is -1.93. The summed E-state index contributed by atoms with van der Waals surface area (Å²) in [5, 5.41) is 16.7. The molecule has 2 N–H and O–H groups in total. The molecule has 0 rings (SSSR count). The van der Waals surface area contributed by atoms with Crippen molar-refractivity contribution >= 4 is 29.3 Å². The normalized spacial score (nSPS) is 9.68. The van der Waals surface area contributed by atoms with E-state index in [-0.39, 0.29) is 17.4 Å². The van der Waals surface area contributed by atoms with Crippen molar-refractivity contribution in [3.05, 3.63) is 0 Å². The van der Waals surface area contributed by atoms with Gasteiger partial charge in [0, 0.05) is 12.8 Å². The second-order valence-electron chi connectivity index (χ2n) is 6.53. The largest absolute Gasteiger partial charge is 0.481 e. The van der Waals surface area contributed by atoms with Crippen LogP contribution in [0, 0.1) is 0 Å². The zero-order valence-corrected chi connectivity index (χ0v) is 16.0. The van der Waals surface area contributed by atoms with E-state index < -0.39 is 11.9 Å². The zero-order valence-electron chi connectivity index (χ0n) is 16.0. The summed E-state index contributed by atoms with van der Waals surface area (Å²) in [6, 6.07) is 0. The van der Waals surface area contributed by atoms with Crippen LogP contribution in [0.5, 0.6) is 0 Å². The Labute approximate surface area is 165 Å². The van der Waals surface area contributed by atoms with Crippen LogP contribution in [0.15, 0.2) is 0 Å². The van der Waals surface area contributed by atoms with Gasteiger partial charge in [-0.3, -0.25) is 9.59 Å². The maximum absolute atomic E-state index is 10.1. The van der Waals surface area contributed by atoms with E-state index in [4.69, 9.17) is 10.2 Å². The van der Waals surface area contributed by atoms with E-state index in [1.165, 1.54) is 64.2 Å². The van der Waals surface area contributed by atoms with Gasteiger partial charge in [-0.05, 0) is 12.8 Å². The molecule has 150 valence electrons. The van der Waals surface area contributed by atoms with E-state index in [2.05, 4.69) is 13.8 Å². The quantitative estimate of drug-likeness (QED) is 0.286. The van der Waals surface area contributed by atoms with E-state index in [1.54, 1.807) is 0 Å². The summed E-state index contributed by atoms with van der Waals surface area (Å²) in [6.07, 6.45) is 17.3. The fourth-order valence-electron chi connectivity index (χ4n) is 2.47. The minimum absolute atomic E-state index is 0. The number of hydrogen-bond acceptors (Lipinski definition) is 2. The van der Waals surface area contributed by atoms with Crippen molar-refractivity contribution in [2.75, 3.05) is 0 Å². The molecule has 0 aliphatic carbocycles. The van der Waals surface area contributed by atoms with Crippen molar-refractivity contribution in [3.8, 4) is 0 Å². The number of carboxylic acid groups (broad SMARTS) is 2. The molecule has 0 saturated carbocycles. The van der Waals surface area contributed by atoms with Crippen LogP contribution in [0.1, 0.15) is 117 Å². The van der Waals surface area contributed by atoms with Crippen LogP contribution in [-0.4, -0.2) is 39.5 Å². The molecule has 0 aliphatic heterocycles. The third kappa shape index (κ3) is 35.4. The number of aliphatic carboxylic acids is 2. The van der Waals surface area contributed by atoms with E-state index in [0.717, 1.165) is 25.7 Å². The van der Waals surface area contributed by atoms with Crippen LogP contribution in [0.3, 0.4) is 0 Å². The zero-order chi connectivity index (χ0) is 18.5. The first-order valence-electron chi connectivity index (χ1n) is 9.98. The average Bonchev–Trinajstić information content (AvgIpc) is 2.53. The molecule has 0 spiro atoms. The Kier molecular flexibility index (Phi) is 30.1. The van der Waals surface area contributed by atoms with Crippen LogP contribution < -0.4 is 0 Å². The standard InChI is InChI=1S/2C10H20O2.Al.3H/c2*1-2-3-4-5-6-7-8-9-10(11)12;;;;/h2*2-9H2,1H3,(H,11,12);;;;. The van der Waals surface area contributed by atoms with Crippen molar-refractivity contribution in [2.45, 2.75) is 117 Å². The van der Waals surface area contributed by atoms with Gasteiger partial charge >= 0.3 is 11.9 Å². The smallest absolute Gasteiger partial charge is 0.303 e. The van der Waals surface area contributed by atoms with Crippen LogP contribution in [-0.2, 0) is 9.59 Å². The van der Waals surface area contributed by atoms with Crippen LogP contribution in [0.25, 0.3) is 0 Å². The van der Waals surface area contributed by atoms with E-state index in [1.807, 2.05) is 0 Å². The Morgan fingerprint density at radius 1 is 0.520 bits per heavy atom. The van der Waals surface area contributed by atoms with Crippen molar-refractivity contribution in [3.63, 3.8) is 0 Å². The molecule has 0 aromatic rings. The van der Waals surface area contributed by atoms with Gasteiger partial charge in [-0.25, -0.2) is 0 Å². The molecule has 0 atom stereocenters. The molecule has 0 bridgehead atoms. The minimum atomic E-state index is -0.663. The molecule has 4 nitrogen and oxygen atoms in total. The maximum atomic E-state index is 10.1. The molecule has 0 saturated heterocycles. The van der Waals surface area contributed by atoms with Gasteiger partial charge in [-0.2, -0.15) is 0 Å². The van der Waals surface area contributed by atoms with Crippen LogP contribution >= 0.6 is 0 Å². The summed E-state index contributed by atoms with van der Waals surface area (Å²) >= 11 is 0. The van der Waals surface area contributed by atoms with Crippen LogP contribution in [0.2, 0.25) is 0 Å². The first-order valence-corrected chi connectivity index (χ1v) is 9.98. The second-order valence-corrected chi connectivity index (χ2v) is 6.53. The van der Waals surface area contributed by atoms with Gasteiger partial charge in [0.2, 0.25) is 0 Å². The Bertz CT molecular complexity index is 255. The lowest BCUT2D eigenvalue weighted by Gasteiger charge is -1.98. The van der Waals surface area contributed by atoms with Gasteiger partial charge in [0.25, 0.3) is 0 Å². The molecular weight excluding hydrogens is 331 g/mol. The van der Waals surface area contributed by atoms with Crippen molar-refractivity contribution < 1.29 is 19.8 Å². The highest BCUT2D eigenvalue weighted by Gasteiger charge is 1.96. The SMILES string of the molecule is CCCCCCCCCC(=O)O.CCCCCCCCCC(=O)O.[AlH3]. The summed E-state index contributed by atoms with van der Waals surface area (Å²) in [7, 11) is 0. The second kappa shape index (κ2) is 25.7. The molecule has 0 aromatic heterocycles. The molecule has 0 radical (unpaired) electrons. The Morgan fingerprint density at radius 2 is 0.760 bits per heavy atom. The Morgan fingerprint density at radius 3 is 1.00 bits per heavy atom. The van der Waals surface area contributed by atoms with E-state index in [0.29, 0.717) is 12.8 Å². The number of carbonyl (C=O) groups is 2. The first-order chi connectivity index (χ1) is 11.5. The van der Waals surface area contributed by atoms with Crippen molar-refractivity contribution in [1.29, 1.82) is 0 Å². The van der Waals surface area contributed by atoms with E-state index >= 15 is 0 Å². The third-order valence-corrected chi connectivity index (χ3v) is 3.99. The molecule has 5 heteroatoms. The highest BCUT2D eigenvalue weighted by atomic mass is 27.0. The predicted octanol–water partition coefficient (Wildman–Crippen LogP) is 5.24. The average molecular weight is 375 g/mol. The molecule has 0 unspecified atom stereocenters. The van der Waals surface area contributed by atoms with Crippen LogP contribution in [0.4, 0.5) is 0 Å². The number of carboxylic acids is 2. The first kappa shape index (κ1) is 29.2. The summed E-state index contributed by atoms with van der Waals surface area (Å²) in [5.74, 6) is -1.33. The summed E-state index contributed by atoms with van der Waals surface area (Å²) in [6.45, 7) is 4.40. The summed E-state index contributed by atoms with van der Waals surface area (Å²) in [5.41, 5.74) is 0. The number of hydrogen-bond donors (Lipinski definition) is 2. The Balaban J connectivity index is -0.000000372. The maximum Gasteiger partial charge on any atom is 0.303 e. The van der Waals surface area contributed by atoms with Gasteiger partial charge < -0.3 is 10.2 Å². The Hall–Kier alpha value is -0.528. The molecular formula is C20H43AlO4. The van der Waals surface area contributed by atoms with Gasteiger partial charge in [0.1, 0.15) is 0 Å². The molecule has 0 fully saturated rings. The predicted molar refractivity (Wildman–Crippen MR) is 110 cm³/mol. The molecule has 0 heterocycles. The lowest BCUT2D eigenvalue weighted by molar-refractivity contribution is -0.138. The van der Waals surface area contributed by atoms with Gasteiger partial charge in [0.05, 0.1) is 0 Å². The lowest BCUT2D eigenvalue weighted by atomic mass is 10.1. The van der Waals surface area contributed by atoms with Gasteiger partial charge in [-0.15, -0.1) is 0 Å². The topological polar surface area (TPSA) is 74.6 Å². The van der Waals surface area contributed by atoms with Gasteiger partial charge in [-0.1, -0.05) is 90.9 Å². The molecule has 25 heavy (non-hydrogen) atoms. The highest BCUT2D eigenvalue weighted by Crippen LogP contribution is 2.08. The molecule has 0 aliphatic rings. The summed E-state index contributed by atoms with van der Waals surface area (Å²) < 4.78 is 0. The fraction of sp³-hybridized carbons (Fsp3) is 0.900. The summed E-state index contributed by atoms with van der Waals surface area (Å²) in [4.78, 5) is 20.3. The monoisotopic (exact) mass is 374 g/mol.